The summed E-state index contributed by atoms with van der Waals surface area (Å²) in [4.78, 5) is 16.5. The van der Waals surface area contributed by atoms with E-state index >= 15 is 0 Å². The fourth-order valence-corrected chi connectivity index (χ4v) is 4.56. The molecule has 0 saturated carbocycles. The van der Waals surface area contributed by atoms with Gasteiger partial charge in [-0.1, -0.05) is 12.1 Å². The topological polar surface area (TPSA) is 101 Å². The van der Waals surface area contributed by atoms with Crippen LogP contribution in [0.3, 0.4) is 0 Å². The molecule has 0 amide bonds. The first-order valence-corrected chi connectivity index (χ1v) is 12.5. The Morgan fingerprint density at radius 3 is 2.36 bits per heavy atom. The summed E-state index contributed by atoms with van der Waals surface area (Å²) in [7, 11) is 0. The van der Waals surface area contributed by atoms with Crippen LogP contribution in [0.4, 0.5) is 24.7 Å². The fraction of sp³-hybridized carbons (Fsp3) is 0.423. The summed E-state index contributed by atoms with van der Waals surface area (Å²) in [6, 6.07) is 13.7. The van der Waals surface area contributed by atoms with Crippen LogP contribution < -0.4 is 19.1 Å². The van der Waals surface area contributed by atoms with Gasteiger partial charge in [-0.25, -0.2) is 0 Å². The van der Waals surface area contributed by atoms with Crippen molar-refractivity contribution in [1.29, 1.82) is 0 Å². The molecule has 0 aliphatic carbocycles. The van der Waals surface area contributed by atoms with Crippen molar-refractivity contribution < 1.29 is 37.0 Å². The number of nitrogens with zero attached hydrogens (tertiary/aromatic N) is 4. The van der Waals surface area contributed by atoms with E-state index in [0.29, 0.717) is 31.9 Å². The van der Waals surface area contributed by atoms with E-state index in [4.69, 9.17) is 14.2 Å². The van der Waals surface area contributed by atoms with Crippen molar-refractivity contribution in [3.63, 3.8) is 0 Å². The van der Waals surface area contributed by atoms with Crippen LogP contribution in [-0.2, 0) is 17.9 Å². The molecule has 5 rings (SSSR count). The second-order valence-corrected chi connectivity index (χ2v) is 9.35. The van der Waals surface area contributed by atoms with Crippen molar-refractivity contribution in [3.8, 4) is 17.5 Å². The van der Waals surface area contributed by atoms with E-state index in [1.165, 1.54) is 18.3 Å². The van der Waals surface area contributed by atoms with Gasteiger partial charge in [0, 0.05) is 36.7 Å². The molecule has 0 radical (unpaired) electrons. The number of benzene rings is 2. The van der Waals surface area contributed by atoms with Crippen molar-refractivity contribution >= 4 is 11.5 Å². The largest absolute Gasteiger partial charge is 0.573 e. The van der Waals surface area contributed by atoms with Gasteiger partial charge in [-0.3, -0.25) is 4.57 Å². The Morgan fingerprint density at radius 1 is 1.00 bits per heavy atom. The molecule has 1 aromatic heterocycles. The Morgan fingerprint density at radius 2 is 1.69 bits per heavy atom. The van der Waals surface area contributed by atoms with Crippen molar-refractivity contribution in [2.75, 3.05) is 24.6 Å². The summed E-state index contributed by atoms with van der Waals surface area (Å²) in [5.41, 5.74) is 1.86. The third-order valence-electron chi connectivity index (χ3n) is 6.60. The lowest BCUT2D eigenvalue weighted by atomic mass is 10.1. The maximum Gasteiger partial charge on any atom is 0.573 e. The van der Waals surface area contributed by atoms with Gasteiger partial charge in [0.15, 0.2) is 0 Å². The van der Waals surface area contributed by atoms with Gasteiger partial charge in [-0.05, 0) is 59.7 Å². The molecule has 1 fully saturated rings. The number of hydrogen-bond acceptors (Lipinski definition) is 8. The fourth-order valence-electron chi connectivity index (χ4n) is 4.56. The minimum atomic E-state index is -4.70. The SMILES string of the molecule is O=[N+]([O-])c1cn2c(n1)O[C@@H](COc1ccc(N3CCC(OCc4ccc(OC(F)(F)F)cc4)CC3)cc1)CC2. The molecule has 3 heterocycles. The molecule has 13 heteroatoms. The minimum absolute atomic E-state index is 0.0717. The van der Waals surface area contributed by atoms with E-state index in [9.17, 15) is 23.3 Å². The highest BCUT2D eigenvalue weighted by Gasteiger charge is 2.31. The van der Waals surface area contributed by atoms with Gasteiger partial charge in [0.2, 0.25) is 0 Å². The number of imidazole rings is 1. The first-order valence-electron chi connectivity index (χ1n) is 12.5. The zero-order valence-corrected chi connectivity index (χ0v) is 20.9. The third-order valence-corrected chi connectivity index (χ3v) is 6.60. The minimum Gasteiger partial charge on any atom is -0.490 e. The monoisotopic (exact) mass is 548 g/mol. The molecule has 0 bridgehead atoms. The summed E-state index contributed by atoms with van der Waals surface area (Å²) in [6.45, 7) is 2.84. The van der Waals surface area contributed by atoms with Gasteiger partial charge in [-0.15, -0.1) is 13.2 Å². The highest BCUT2D eigenvalue weighted by atomic mass is 19.4. The number of halogens is 3. The van der Waals surface area contributed by atoms with E-state index in [1.54, 1.807) is 16.7 Å². The molecule has 2 aliphatic heterocycles. The van der Waals surface area contributed by atoms with Crippen LogP contribution in [0.1, 0.15) is 24.8 Å². The van der Waals surface area contributed by atoms with Crippen LogP contribution in [0, 0.1) is 10.1 Å². The summed E-state index contributed by atoms with van der Waals surface area (Å²) in [5, 5.41) is 10.9. The first-order chi connectivity index (χ1) is 18.7. The predicted octanol–water partition coefficient (Wildman–Crippen LogP) is 5.11. The molecular formula is C26H27F3N4O6. The molecule has 0 N–H and O–H groups in total. The summed E-state index contributed by atoms with van der Waals surface area (Å²) < 4.78 is 60.0. The normalized spacial score (nSPS) is 17.8. The van der Waals surface area contributed by atoms with E-state index < -0.39 is 11.3 Å². The number of fused-ring (bicyclic) bond motifs is 1. The van der Waals surface area contributed by atoms with Crippen molar-refractivity contribution in [2.45, 2.75) is 51.0 Å². The lowest BCUT2D eigenvalue weighted by molar-refractivity contribution is -0.389. The van der Waals surface area contributed by atoms with E-state index in [-0.39, 0.29) is 29.8 Å². The second-order valence-electron chi connectivity index (χ2n) is 9.35. The smallest absolute Gasteiger partial charge is 0.490 e. The summed E-state index contributed by atoms with van der Waals surface area (Å²) in [6.07, 6.45) is -1.18. The lowest BCUT2D eigenvalue weighted by Crippen LogP contribution is -2.37. The van der Waals surface area contributed by atoms with Gasteiger partial charge in [0.1, 0.15) is 30.4 Å². The molecule has 10 nitrogen and oxygen atoms in total. The average Bonchev–Trinajstić information content (AvgIpc) is 3.35. The van der Waals surface area contributed by atoms with Crippen LogP contribution in [-0.4, -0.2) is 52.7 Å². The molecule has 2 aromatic carbocycles. The van der Waals surface area contributed by atoms with Crippen molar-refractivity contribution in [1.82, 2.24) is 9.55 Å². The van der Waals surface area contributed by atoms with Gasteiger partial charge < -0.3 is 34.0 Å². The third kappa shape index (κ3) is 7.11. The van der Waals surface area contributed by atoms with Crippen LogP contribution >= 0.6 is 0 Å². The number of alkyl halides is 3. The molecular weight excluding hydrogens is 521 g/mol. The number of aromatic nitrogens is 2. The maximum atomic E-state index is 12.3. The average molecular weight is 549 g/mol. The number of ether oxygens (including phenoxy) is 4. The molecule has 1 saturated heterocycles. The number of anilines is 1. The molecule has 1 atom stereocenters. The van der Waals surface area contributed by atoms with Gasteiger partial charge in [0.05, 0.1) is 12.7 Å². The number of rotatable bonds is 9. The summed E-state index contributed by atoms with van der Waals surface area (Å²) in [5.74, 6) is 0.220. The molecule has 39 heavy (non-hydrogen) atoms. The van der Waals surface area contributed by atoms with E-state index in [0.717, 1.165) is 37.2 Å². The number of piperidine rings is 1. The van der Waals surface area contributed by atoms with Crippen molar-refractivity contribution in [2.24, 2.45) is 0 Å². The van der Waals surface area contributed by atoms with E-state index in [1.807, 2.05) is 24.3 Å². The zero-order valence-electron chi connectivity index (χ0n) is 20.9. The lowest BCUT2D eigenvalue weighted by Gasteiger charge is -2.33. The molecule has 3 aromatic rings. The number of aryl methyl sites for hydroxylation is 1. The zero-order chi connectivity index (χ0) is 27.4. The highest BCUT2D eigenvalue weighted by molar-refractivity contribution is 5.49. The number of hydrogen-bond donors (Lipinski definition) is 0. The van der Waals surface area contributed by atoms with Crippen LogP contribution in [0.5, 0.6) is 17.5 Å². The Hall–Kier alpha value is -4.00. The second kappa shape index (κ2) is 11.4. The highest BCUT2D eigenvalue weighted by Crippen LogP contribution is 2.27. The van der Waals surface area contributed by atoms with Crippen LogP contribution in [0.15, 0.2) is 54.7 Å². The van der Waals surface area contributed by atoms with Gasteiger partial charge >= 0.3 is 18.2 Å². The van der Waals surface area contributed by atoms with Crippen molar-refractivity contribution in [3.05, 3.63) is 70.4 Å². The quantitative estimate of drug-likeness (QED) is 0.269. The Labute approximate surface area is 222 Å². The maximum absolute atomic E-state index is 12.3. The Kier molecular flexibility index (Phi) is 7.77. The molecule has 2 aliphatic rings. The van der Waals surface area contributed by atoms with Gasteiger partial charge in [0.25, 0.3) is 0 Å². The molecule has 0 unspecified atom stereocenters. The Bertz CT molecular complexity index is 1260. The molecule has 208 valence electrons. The van der Waals surface area contributed by atoms with E-state index in [2.05, 4.69) is 14.6 Å². The Balaban J connectivity index is 1.03. The molecule has 0 spiro atoms. The number of nitro groups is 1. The van der Waals surface area contributed by atoms with Crippen LogP contribution in [0.25, 0.3) is 0 Å². The predicted molar refractivity (Wildman–Crippen MR) is 133 cm³/mol. The standard InChI is InChI=1S/C26H27F3N4O6/c27-26(28,29)39-22-5-1-18(2-6-22)16-36-21-9-12-31(13-10-21)19-3-7-20(8-4-19)37-17-23-11-14-32-15-24(33(34)35)30-25(32)38-23/h1-8,15,21,23H,9-14,16-17H2/t23-/m1/s1. The first kappa shape index (κ1) is 26.6. The van der Waals surface area contributed by atoms with Gasteiger partial charge in [-0.2, -0.15) is 0 Å². The van der Waals surface area contributed by atoms with Crippen LogP contribution in [0.2, 0.25) is 0 Å². The summed E-state index contributed by atoms with van der Waals surface area (Å²) >= 11 is 0.